The van der Waals surface area contributed by atoms with Crippen molar-refractivity contribution in [1.82, 2.24) is 14.9 Å². The van der Waals surface area contributed by atoms with Crippen LogP contribution in [0.1, 0.15) is 55.4 Å². The molecule has 0 bridgehead atoms. The van der Waals surface area contributed by atoms with Crippen molar-refractivity contribution in [3.8, 4) is 0 Å². The largest absolute Gasteiger partial charge is 0.376 e. The maximum Gasteiger partial charge on any atom is 0.269 e. The zero-order valence-electron chi connectivity index (χ0n) is 14.5. The molecule has 138 valence electrons. The molecule has 1 atom stereocenters. The van der Waals surface area contributed by atoms with Gasteiger partial charge in [-0.1, -0.05) is 4.49 Å². The van der Waals surface area contributed by atoms with Crippen LogP contribution in [0.25, 0.3) is 0 Å². The minimum absolute atomic E-state index is 0.0922. The van der Waals surface area contributed by atoms with Crippen molar-refractivity contribution >= 4 is 39.7 Å². The number of thiophene rings is 1. The number of anilines is 1. The Bertz CT molecular complexity index is 839. The fourth-order valence-electron chi connectivity index (χ4n) is 3.43. The topological polar surface area (TPSA) is 93.2 Å². The molecule has 1 saturated heterocycles. The summed E-state index contributed by atoms with van der Waals surface area (Å²) in [5.41, 5.74) is 2.29. The van der Waals surface area contributed by atoms with Crippen molar-refractivity contribution in [2.45, 2.75) is 45.1 Å². The Morgan fingerprint density at radius 1 is 1.27 bits per heavy atom. The van der Waals surface area contributed by atoms with Crippen LogP contribution >= 0.6 is 22.9 Å². The van der Waals surface area contributed by atoms with E-state index in [1.165, 1.54) is 16.2 Å². The smallest absolute Gasteiger partial charge is 0.269 e. The number of hydrogen-bond acceptors (Lipinski definition) is 7. The van der Waals surface area contributed by atoms with Crippen LogP contribution in [0.15, 0.2) is 0 Å². The normalized spacial score (nSPS) is 18.7. The quantitative estimate of drug-likeness (QED) is 0.816. The van der Waals surface area contributed by atoms with E-state index < -0.39 is 0 Å². The Kier molecular flexibility index (Phi) is 5.01. The molecule has 7 nitrogen and oxygen atoms in total. The fraction of sp³-hybridized carbons (Fsp3) is 0.529. The Balaban J connectivity index is 1.54. The van der Waals surface area contributed by atoms with Gasteiger partial charge < -0.3 is 15.4 Å². The molecule has 0 radical (unpaired) electrons. The minimum Gasteiger partial charge on any atom is -0.376 e. The van der Waals surface area contributed by atoms with E-state index in [9.17, 15) is 9.59 Å². The number of carbonyl (C=O) groups is 2. The SMILES string of the molecule is Cc1nnsc1C(=O)Nc1sc2c(c1C(=O)NC[C@H]1CCCO1)CCC2. The lowest BCUT2D eigenvalue weighted by Crippen LogP contribution is -2.32. The first-order chi connectivity index (χ1) is 12.6. The summed E-state index contributed by atoms with van der Waals surface area (Å²) in [6, 6.07) is 0. The standard InChI is InChI=1S/C17H20N4O3S2/c1-9-14(26-21-20-9)16(23)19-17-13(11-5-2-6-12(11)25-17)15(22)18-8-10-4-3-7-24-10/h10H,2-8H2,1H3,(H,18,22)(H,19,23)/t10-/m1/s1. The molecule has 0 aromatic carbocycles. The van der Waals surface area contributed by atoms with E-state index in [0.29, 0.717) is 27.7 Å². The molecule has 0 spiro atoms. The van der Waals surface area contributed by atoms with Gasteiger partial charge in [-0.25, -0.2) is 0 Å². The molecule has 9 heteroatoms. The van der Waals surface area contributed by atoms with Gasteiger partial charge in [0.2, 0.25) is 0 Å². The van der Waals surface area contributed by atoms with Gasteiger partial charge in [0.05, 0.1) is 17.4 Å². The zero-order chi connectivity index (χ0) is 18.1. The van der Waals surface area contributed by atoms with Crippen LogP contribution in [0.4, 0.5) is 5.00 Å². The van der Waals surface area contributed by atoms with Crippen LogP contribution in [-0.4, -0.2) is 40.7 Å². The van der Waals surface area contributed by atoms with Crippen molar-refractivity contribution in [3.63, 3.8) is 0 Å². The summed E-state index contributed by atoms with van der Waals surface area (Å²) in [6.45, 7) is 3.02. The number of carbonyl (C=O) groups excluding carboxylic acids is 2. The van der Waals surface area contributed by atoms with Crippen LogP contribution in [0, 0.1) is 6.92 Å². The number of rotatable bonds is 5. The molecule has 1 aliphatic carbocycles. The first kappa shape index (κ1) is 17.6. The molecule has 4 rings (SSSR count). The number of nitrogens with one attached hydrogen (secondary N) is 2. The molecule has 1 fully saturated rings. The van der Waals surface area contributed by atoms with Crippen LogP contribution in [0.3, 0.4) is 0 Å². The predicted molar refractivity (Wildman–Crippen MR) is 100 cm³/mol. The lowest BCUT2D eigenvalue weighted by Gasteiger charge is -2.12. The molecule has 2 N–H and O–H groups in total. The van der Waals surface area contributed by atoms with E-state index >= 15 is 0 Å². The Labute approximate surface area is 159 Å². The summed E-state index contributed by atoms with van der Waals surface area (Å²) in [5, 5.41) is 10.4. The number of aryl methyl sites for hydroxylation is 2. The zero-order valence-corrected chi connectivity index (χ0v) is 16.1. The van der Waals surface area contributed by atoms with Crippen molar-refractivity contribution in [1.29, 1.82) is 0 Å². The highest BCUT2D eigenvalue weighted by molar-refractivity contribution is 7.17. The highest BCUT2D eigenvalue weighted by Gasteiger charge is 2.29. The highest BCUT2D eigenvalue weighted by atomic mass is 32.1. The van der Waals surface area contributed by atoms with Crippen molar-refractivity contribution < 1.29 is 14.3 Å². The molecule has 0 unspecified atom stereocenters. The molecule has 0 saturated carbocycles. The van der Waals surface area contributed by atoms with E-state index in [-0.39, 0.29) is 17.9 Å². The van der Waals surface area contributed by atoms with Crippen molar-refractivity contribution in [2.75, 3.05) is 18.5 Å². The number of ether oxygens (including phenoxy) is 1. The van der Waals surface area contributed by atoms with Crippen molar-refractivity contribution in [2.24, 2.45) is 0 Å². The average molecular weight is 393 g/mol. The van der Waals surface area contributed by atoms with Crippen LogP contribution in [-0.2, 0) is 17.6 Å². The Morgan fingerprint density at radius 3 is 2.88 bits per heavy atom. The highest BCUT2D eigenvalue weighted by Crippen LogP contribution is 2.39. The molecule has 3 heterocycles. The maximum atomic E-state index is 12.8. The molecule has 1 aliphatic heterocycles. The number of hydrogen-bond donors (Lipinski definition) is 2. The third kappa shape index (κ3) is 3.38. The van der Waals surface area contributed by atoms with E-state index in [4.69, 9.17) is 4.74 Å². The molecule has 2 aliphatic rings. The number of nitrogens with zero attached hydrogens (tertiary/aromatic N) is 2. The van der Waals surface area contributed by atoms with Gasteiger partial charge >= 0.3 is 0 Å². The summed E-state index contributed by atoms with van der Waals surface area (Å²) in [6.07, 6.45) is 5.00. The van der Waals surface area contributed by atoms with Crippen molar-refractivity contribution in [3.05, 3.63) is 26.6 Å². The Hall–Kier alpha value is -1.84. The van der Waals surface area contributed by atoms with Gasteiger partial charge in [0.1, 0.15) is 9.88 Å². The Morgan fingerprint density at radius 2 is 2.15 bits per heavy atom. The van der Waals surface area contributed by atoms with E-state index in [1.807, 2.05) is 0 Å². The van der Waals surface area contributed by atoms with Gasteiger partial charge in [-0.3, -0.25) is 9.59 Å². The van der Waals surface area contributed by atoms with E-state index in [2.05, 4.69) is 20.2 Å². The molecular weight excluding hydrogens is 372 g/mol. The molecule has 2 aromatic heterocycles. The first-order valence-corrected chi connectivity index (χ1v) is 10.4. The molecule has 2 aromatic rings. The lowest BCUT2D eigenvalue weighted by atomic mass is 10.1. The predicted octanol–water partition coefficient (Wildman–Crippen LogP) is 2.56. The molecule has 26 heavy (non-hydrogen) atoms. The van der Waals surface area contributed by atoms with Gasteiger partial charge in [0.25, 0.3) is 11.8 Å². The van der Waals surface area contributed by atoms with Gasteiger partial charge in [-0.05, 0) is 56.1 Å². The summed E-state index contributed by atoms with van der Waals surface area (Å²) in [7, 11) is 0. The third-order valence-corrected chi connectivity index (χ3v) is 6.78. The average Bonchev–Trinajstić information content (AvgIpc) is 3.37. The monoisotopic (exact) mass is 392 g/mol. The van der Waals surface area contributed by atoms with Gasteiger partial charge in [0.15, 0.2) is 0 Å². The third-order valence-electron chi connectivity index (χ3n) is 4.75. The van der Waals surface area contributed by atoms with E-state index in [0.717, 1.165) is 55.8 Å². The minimum atomic E-state index is -0.259. The number of fused-ring (bicyclic) bond motifs is 1. The fourth-order valence-corrected chi connectivity index (χ4v) is 5.27. The summed E-state index contributed by atoms with van der Waals surface area (Å²) >= 11 is 2.57. The molecule has 2 amide bonds. The van der Waals surface area contributed by atoms with E-state index in [1.54, 1.807) is 6.92 Å². The first-order valence-electron chi connectivity index (χ1n) is 8.78. The van der Waals surface area contributed by atoms with Gasteiger partial charge in [-0.15, -0.1) is 16.4 Å². The summed E-state index contributed by atoms with van der Waals surface area (Å²) in [4.78, 5) is 27.1. The maximum absolute atomic E-state index is 12.8. The number of amides is 2. The summed E-state index contributed by atoms with van der Waals surface area (Å²) < 4.78 is 9.38. The van der Waals surface area contributed by atoms with Crippen LogP contribution in [0.5, 0.6) is 0 Å². The molecular formula is C17H20N4O3S2. The van der Waals surface area contributed by atoms with Crippen LogP contribution < -0.4 is 10.6 Å². The van der Waals surface area contributed by atoms with Crippen LogP contribution in [0.2, 0.25) is 0 Å². The number of aromatic nitrogens is 2. The second-order valence-electron chi connectivity index (χ2n) is 6.55. The summed E-state index contributed by atoms with van der Waals surface area (Å²) in [5.74, 6) is -0.389. The van der Waals surface area contributed by atoms with Gasteiger partial charge in [0, 0.05) is 18.0 Å². The second kappa shape index (κ2) is 7.42. The lowest BCUT2D eigenvalue weighted by molar-refractivity contribution is 0.0858. The second-order valence-corrected chi connectivity index (χ2v) is 8.41. The van der Waals surface area contributed by atoms with Gasteiger partial charge in [-0.2, -0.15) is 0 Å².